The lowest BCUT2D eigenvalue weighted by atomic mass is 9.91. The van der Waals surface area contributed by atoms with Gasteiger partial charge in [-0.2, -0.15) is 0 Å². The molecule has 114 valence electrons. The topological polar surface area (TPSA) is 58.4 Å². The number of nitrogens with two attached hydrogens (primary N) is 1. The summed E-state index contributed by atoms with van der Waals surface area (Å²) in [6, 6.07) is 8.24. The van der Waals surface area contributed by atoms with Crippen molar-refractivity contribution in [1.82, 2.24) is 10.2 Å². The van der Waals surface area contributed by atoms with Gasteiger partial charge >= 0.3 is 0 Å². The summed E-state index contributed by atoms with van der Waals surface area (Å²) in [6.07, 6.45) is 3.63. The summed E-state index contributed by atoms with van der Waals surface area (Å²) in [7, 11) is 1.97. The minimum Gasteiger partial charge on any atom is -0.341 e. The predicted molar refractivity (Wildman–Crippen MR) is 84.0 cm³/mol. The van der Waals surface area contributed by atoms with Crippen molar-refractivity contribution in [3.8, 4) is 0 Å². The lowest BCUT2D eigenvalue weighted by Crippen LogP contribution is -2.58. The van der Waals surface area contributed by atoms with Crippen molar-refractivity contribution in [2.24, 2.45) is 11.7 Å². The Morgan fingerprint density at radius 1 is 1.38 bits per heavy atom. The Kier molecular flexibility index (Phi) is 4.00. The van der Waals surface area contributed by atoms with Crippen LogP contribution in [0.4, 0.5) is 0 Å². The number of carbonyl (C=O) groups excluding carboxylic acids is 1. The van der Waals surface area contributed by atoms with E-state index >= 15 is 0 Å². The van der Waals surface area contributed by atoms with Crippen LogP contribution in [0.1, 0.15) is 24.0 Å². The van der Waals surface area contributed by atoms with Gasteiger partial charge in [-0.05, 0) is 56.3 Å². The highest BCUT2D eigenvalue weighted by atomic mass is 16.2. The van der Waals surface area contributed by atoms with Gasteiger partial charge in [-0.3, -0.25) is 4.79 Å². The van der Waals surface area contributed by atoms with E-state index in [1.807, 2.05) is 24.1 Å². The standard InChI is InChI=1S/C17H25N3O/c1-19-11-13-5-4-8-20(12-13)16(21)17(18)9-14-6-2-3-7-15(14)10-17/h2-3,6-7,13,19H,4-5,8-12,18H2,1H3/t13-/m1/s1. The van der Waals surface area contributed by atoms with E-state index in [2.05, 4.69) is 17.4 Å². The zero-order valence-electron chi connectivity index (χ0n) is 12.8. The minimum atomic E-state index is -0.731. The Morgan fingerprint density at radius 2 is 2.05 bits per heavy atom. The largest absolute Gasteiger partial charge is 0.341 e. The molecule has 4 nitrogen and oxygen atoms in total. The number of hydrogen-bond donors (Lipinski definition) is 2. The van der Waals surface area contributed by atoms with E-state index in [-0.39, 0.29) is 5.91 Å². The maximum absolute atomic E-state index is 12.9. The molecule has 1 saturated heterocycles. The quantitative estimate of drug-likeness (QED) is 0.870. The predicted octanol–water partition coefficient (Wildman–Crippen LogP) is 0.941. The molecule has 1 amide bonds. The normalized spacial score (nSPS) is 23.9. The highest BCUT2D eigenvalue weighted by molar-refractivity contribution is 5.88. The highest BCUT2D eigenvalue weighted by Crippen LogP contribution is 2.31. The number of fused-ring (bicyclic) bond motifs is 1. The average Bonchev–Trinajstić information content (AvgIpc) is 2.84. The van der Waals surface area contributed by atoms with Crippen molar-refractivity contribution in [2.75, 3.05) is 26.7 Å². The van der Waals surface area contributed by atoms with Crippen molar-refractivity contribution < 1.29 is 4.79 Å². The van der Waals surface area contributed by atoms with E-state index in [0.29, 0.717) is 18.8 Å². The van der Waals surface area contributed by atoms with Crippen LogP contribution >= 0.6 is 0 Å². The van der Waals surface area contributed by atoms with Crippen molar-refractivity contribution >= 4 is 5.91 Å². The fraction of sp³-hybridized carbons (Fsp3) is 0.588. The molecule has 3 N–H and O–H groups in total. The molecular weight excluding hydrogens is 262 g/mol. The number of rotatable bonds is 3. The summed E-state index contributed by atoms with van der Waals surface area (Å²) in [5.41, 5.74) is 8.23. The number of hydrogen-bond acceptors (Lipinski definition) is 3. The molecule has 0 saturated carbocycles. The fourth-order valence-electron chi connectivity index (χ4n) is 3.82. The van der Waals surface area contributed by atoms with E-state index in [9.17, 15) is 4.79 Å². The van der Waals surface area contributed by atoms with Gasteiger partial charge in [-0.15, -0.1) is 0 Å². The van der Waals surface area contributed by atoms with Crippen LogP contribution in [0.15, 0.2) is 24.3 Å². The summed E-state index contributed by atoms with van der Waals surface area (Å²) < 4.78 is 0. The Labute approximate surface area is 126 Å². The van der Waals surface area contributed by atoms with Crippen LogP contribution in [0.3, 0.4) is 0 Å². The Morgan fingerprint density at radius 3 is 2.67 bits per heavy atom. The van der Waals surface area contributed by atoms with Gasteiger partial charge in [0.25, 0.3) is 0 Å². The molecule has 1 aromatic carbocycles. The van der Waals surface area contributed by atoms with Crippen LogP contribution in [0.2, 0.25) is 0 Å². The molecule has 1 aromatic rings. The lowest BCUT2D eigenvalue weighted by Gasteiger charge is -2.37. The van der Waals surface area contributed by atoms with Crippen molar-refractivity contribution in [1.29, 1.82) is 0 Å². The van der Waals surface area contributed by atoms with Crippen molar-refractivity contribution in [3.63, 3.8) is 0 Å². The first-order valence-electron chi connectivity index (χ1n) is 7.92. The molecule has 1 aliphatic carbocycles. The first kappa shape index (κ1) is 14.5. The summed E-state index contributed by atoms with van der Waals surface area (Å²) in [4.78, 5) is 14.9. The molecule has 0 bridgehead atoms. The third-order valence-corrected chi connectivity index (χ3v) is 4.86. The second kappa shape index (κ2) is 5.78. The first-order valence-corrected chi connectivity index (χ1v) is 7.92. The van der Waals surface area contributed by atoms with E-state index in [0.717, 1.165) is 26.1 Å². The molecule has 0 unspecified atom stereocenters. The zero-order chi connectivity index (χ0) is 14.9. The molecule has 1 atom stereocenters. The third kappa shape index (κ3) is 2.83. The van der Waals surface area contributed by atoms with Gasteiger partial charge in [0.1, 0.15) is 5.54 Å². The Hall–Kier alpha value is -1.39. The fourth-order valence-corrected chi connectivity index (χ4v) is 3.82. The van der Waals surface area contributed by atoms with E-state index in [1.165, 1.54) is 17.5 Å². The van der Waals surface area contributed by atoms with Gasteiger partial charge in [0.2, 0.25) is 5.91 Å². The molecule has 2 aliphatic rings. The number of piperidine rings is 1. The van der Waals surface area contributed by atoms with Crippen LogP contribution in [0.5, 0.6) is 0 Å². The maximum Gasteiger partial charge on any atom is 0.243 e. The summed E-state index contributed by atoms with van der Waals surface area (Å²) in [6.45, 7) is 2.67. The molecule has 0 spiro atoms. The van der Waals surface area contributed by atoms with E-state index < -0.39 is 5.54 Å². The Balaban J connectivity index is 1.71. The first-order chi connectivity index (χ1) is 10.1. The highest BCUT2D eigenvalue weighted by Gasteiger charge is 2.43. The van der Waals surface area contributed by atoms with E-state index in [1.54, 1.807) is 0 Å². The second-order valence-corrected chi connectivity index (χ2v) is 6.60. The third-order valence-electron chi connectivity index (χ3n) is 4.86. The smallest absolute Gasteiger partial charge is 0.243 e. The van der Waals surface area contributed by atoms with Crippen LogP contribution in [-0.2, 0) is 17.6 Å². The minimum absolute atomic E-state index is 0.138. The number of likely N-dealkylation sites (tertiary alicyclic amines) is 1. The number of amides is 1. The summed E-state index contributed by atoms with van der Waals surface area (Å²) >= 11 is 0. The van der Waals surface area contributed by atoms with Gasteiger partial charge in [0.05, 0.1) is 0 Å². The molecule has 1 aliphatic heterocycles. The lowest BCUT2D eigenvalue weighted by molar-refractivity contribution is -0.138. The van der Waals surface area contributed by atoms with Gasteiger partial charge in [0.15, 0.2) is 0 Å². The maximum atomic E-state index is 12.9. The van der Waals surface area contributed by atoms with E-state index in [4.69, 9.17) is 5.73 Å². The van der Waals surface area contributed by atoms with Crippen LogP contribution in [0.25, 0.3) is 0 Å². The van der Waals surface area contributed by atoms with Gasteiger partial charge < -0.3 is 16.0 Å². The van der Waals surface area contributed by atoms with Gasteiger partial charge in [0, 0.05) is 13.1 Å². The number of nitrogens with zero attached hydrogens (tertiary/aromatic N) is 1. The van der Waals surface area contributed by atoms with Crippen molar-refractivity contribution in [3.05, 3.63) is 35.4 Å². The molecule has 4 heteroatoms. The molecular formula is C17H25N3O. The monoisotopic (exact) mass is 287 g/mol. The number of benzene rings is 1. The van der Waals surface area contributed by atoms with Crippen LogP contribution in [0, 0.1) is 5.92 Å². The number of carbonyl (C=O) groups is 1. The van der Waals surface area contributed by atoms with Crippen molar-refractivity contribution in [2.45, 2.75) is 31.2 Å². The molecule has 1 fully saturated rings. The Bertz CT molecular complexity index is 502. The number of nitrogens with one attached hydrogen (secondary N) is 1. The second-order valence-electron chi connectivity index (χ2n) is 6.60. The molecule has 0 radical (unpaired) electrons. The van der Waals surface area contributed by atoms with Gasteiger partial charge in [-0.1, -0.05) is 24.3 Å². The zero-order valence-corrected chi connectivity index (χ0v) is 12.8. The molecule has 0 aromatic heterocycles. The average molecular weight is 287 g/mol. The molecule has 3 rings (SSSR count). The summed E-state index contributed by atoms with van der Waals surface area (Å²) in [5, 5.41) is 3.22. The summed E-state index contributed by atoms with van der Waals surface area (Å²) in [5.74, 6) is 0.694. The van der Waals surface area contributed by atoms with Crippen LogP contribution < -0.4 is 11.1 Å². The molecule has 21 heavy (non-hydrogen) atoms. The SMILES string of the molecule is CNC[C@H]1CCCN(C(=O)C2(N)Cc3ccccc3C2)C1. The molecule has 1 heterocycles. The van der Waals surface area contributed by atoms with Crippen LogP contribution in [-0.4, -0.2) is 43.0 Å². The van der Waals surface area contributed by atoms with Gasteiger partial charge in [-0.25, -0.2) is 0 Å².